The van der Waals surface area contributed by atoms with E-state index in [1.165, 1.54) is 6.07 Å². The number of nitrogens with two attached hydrogens (primary N) is 1. The summed E-state index contributed by atoms with van der Waals surface area (Å²) in [6, 6.07) is 4.74. The van der Waals surface area contributed by atoms with Gasteiger partial charge in [0.1, 0.15) is 0 Å². The number of carbonyl (C=O) groups is 2. The molecule has 2 amide bonds. The Kier molecular flexibility index (Phi) is 6.82. The molecule has 0 saturated carbocycles. The van der Waals surface area contributed by atoms with Crippen molar-refractivity contribution >= 4 is 35.0 Å². The predicted octanol–water partition coefficient (Wildman–Crippen LogP) is 3.11. The van der Waals surface area contributed by atoms with Gasteiger partial charge in [-0.3, -0.25) is 9.59 Å². The van der Waals surface area contributed by atoms with Crippen LogP contribution in [0.3, 0.4) is 0 Å². The normalized spacial score (nSPS) is 10.3. The van der Waals surface area contributed by atoms with Crippen molar-refractivity contribution in [3.63, 3.8) is 0 Å². The molecule has 0 aromatic heterocycles. The van der Waals surface area contributed by atoms with E-state index in [0.29, 0.717) is 28.7 Å². The van der Waals surface area contributed by atoms with E-state index >= 15 is 0 Å². The van der Waals surface area contributed by atoms with Gasteiger partial charge in [-0.15, -0.1) is 0 Å². The standard InChI is InChI=1S/C14H18Cl2N2O2/c1-2-3-7-18(8-6-13(17)19)14(20)11-5-4-10(15)9-12(11)16/h4-5,9H,2-3,6-8H2,1H3,(H2,17,19). The molecule has 0 spiro atoms. The summed E-state index contributed by atoms with van der Waals surface area (Å²) in [4.78, 5) is 24.9. The van der Waals surface area contributed by atoms with E-state index in [4.69, 9.17) is 28.9 Å². The summed E-state index contributed by atoms with van der Waals surface area (Å²) in [6.07, 6.45) is 1.95. The van der Waals surface area contributed by atoms with Gasteiger partial charge in [0.2, 0.25) is 5.91 Å². The second-order valence-electron chi connectivity index (χ2n) is 4.49. The molecule has 0 unspecified atom stereocenters. The van der Waals surface area contributed by atoms with Crippen molar-refractivity contribution in [2.75, 3.05) is 13.1 Å². The smallest absolute Gasteiger partial charge is 0.255 e. The molecule has 1 aromatic carbocycles. The maximum Gasteiger partial charge on any atom is 0.255 e. The molecule has 2 N–H and O–H groups in total. The second kappa shape index (κ2) is 8.12. The van der Waals surface area contributed by atoms with Crippen LogP contribution in [0.2, 0.25) is 10.0 Å². The third-order valence-electron chi connectivity index (χ3n) is 2.86. The highest BCUT2D eigenvalue weighted by Crippen LogP contribution is 2.22. The molecule has 1 rings (SSSR count). The van der Waals surface area contributed by atoms with E-state index in [1.807, 2.05) is 6.92 Å². The van der Waals surface area contributed by atoms with Gasteiger partial charge in [0.05, 0.1) is 10.6 Å². The third kappa shape index (κ3) is 5.02. The summed E-state index contributed by atoms with van der Waals surface area (Å²) < 4.78 is 0. The minimum absolute atomic E-state index is 0.140. The molecular weight excluding hydrogens is 299 g/mol. The van der Waals surface area contributed by atoms with Gasteiger partial charge in [0.15, 0.2) is 0 Å². The highest BCUT2D eigenvalue weighted by Gasteiger charge is 2.18. The van der Waals surface area contributed by atoms with E-state index in [9.17, 15) is 9.59 Å². The summed E-state index contributed by atoms with van der Waals surface area (Å²) in [5, 5.41) is 0.784. The lowest BCUT2D eigenvalue weighted by Crippen LogP contribution is -2.35. The van der Waals surface area contributed by atoms with Gasteiger partial charge < -0.3 is 10.6 Å². The number of rotatable bonds is 7. The van der Waals surface area contributed by atoms with Crippen molar-refractivity contribution in [1.82, 2.24) is 4.90 Å². The number of amides is 2. The average molecular weight is 317 g/mol. The highest BCUT2D eigenvalue weighted by atomic mass is 35.5. The van der Waals surface area contributed by atoms with E-state index in [2.05, 4.69) is 0 Å². The maximum absolute atomic E-state index is 12.4. The Morgan fingerprint density at radius 3 is 2.50 bits per heavy atom. The molecule has 0 heterocycles. The first-order chi connectivity index (χ1) is 9.45. The van der Waals surface area contributed by atoms with Gasteiger partial charge in [-0.2, -0.15) is 0 Å². The zero-order chi connectivity index (χ0) is 15.1. The Balaban J connectivity index is 2.87. The van der Waals surface area contributed by atoms with Crippen molar-refractivity contribution in [3.05, 3.63) is 33.8 Å². The third-order valence-corrected chi connectivity index (χ3v) is 3.41. The molecular formula is C14H18Cl2N2O2. The summed E-state index contributed by atoms with van der Waals surface area (Å²) in [5.41, 5.74) is 5.52. The Morgan fingerprint density at radius 1 is 1.25 bits per heavy atom. The zero-order valence-electron chi connectivity index (χ0n) is 11.4. The quantitative estimate of drug-likeness (QED) is 0.840. The van der Waals surface area contributed by atoms with Crippen LogP contribution in [0.5, 0.6) is 0 Å². The molecule has 0 aliphatic rings. The van der Waals surface area contributed by atoms with Crippen molar-refractivity contribution < 1.29 is 9.59 Å². The minimum atomic E-state index is -0.429. The molecule has 20 heavy (non-hydrogen) atoms. The van der Waals surface area contributed by atoms with Gasteiger partial charge in [0, 0.05) is 24.5 Å². The van der Waals surface area contributed by atoms with Crippen molar-refractivity contribution in [3.8, 4) is 0 Å². The van der Waals surface area contributed by atoms with Crippen LogP contribution in [-0.2, 0) is 4.79 Å². The molecule has 0 saturated heterocycles. The lowest BCUT2D eigenvalue weighted by Gasteiger charge is -2.22. The number of hydrogen-bond acceptors (Lipinski definition) is 2. The molecule has 4 nitrogen and oxygen atoms in total. The number of carbonyl (C=O) groups excluding carboxylic acids is 2. The average Bonchev–Trinajstić information content (AvgIpc) is 2.38. The lowest BCUT2D eigenvalue weighted by molar-refractivity contribution is -0.118. The Morgan fingerprint density at radius 2 is 1.95 bits per heavy atom. The van der Waals surface area contributed by atoms with E-state index in [-0.39, 0.29) is 12.3 Å². The van der Waals surface area contributed by atoms with Crippen molar-refractivity contribution in [1.29, 1.82) is 0 Å². The molecule has 0 atom stereocenters. The van der Waals surface area contributed by atoms with Crippen LogP contribution in [0.1, 0.15) is 36.5 Å². The first kappa shape index (κ1) is 16.8. The first-order valence-electron chi connectivity index (χ1n) is 6.48. The van der Waals surface area contributed by atoms with Crippen LogP contribution >= 0.6 is 23.2 Å². The minimum Gasteiger partial charge on any atom is -0.370 e. The number of hydrogen-bond donors (Lipinski definition) is 1. The van der Waals surface area contributed by atoms with E-state index in [0.717, 1.165) is 12.8 Å². The molecule has 6 heteroatoms. The van der Waals surface area contributed by atoms with E-state index < -0.39 is 5.91 Å². The molecule has 110 valence electrons. The van der Waals surface area contributed by atoms with Crippen LogP contribution in [0.15, 0.2) is 18.2 Å². The van der Waals surface area contributed by atoms with Gasteiger partial charge in [-0.05, 0) is 24.6 Å². The summed E-state index contributed by atoms with van der Waals surface area (Å²) in [5.74, 6) is -0.636. The fourth-order valence-corrected chi connectivity index (χ4v) is 2.23. The van der Waals surface area contributed by atoms with Gasteiger partial charge in [0.25, 0.3) is 5.91 Å². The zero-order valence-corrected chi connectivity index (χ0v) is 12.9. The van der Waals surface area contributed by atoms with E-state index in [1.54, 1.807) is 17.0 Å². The van der Waals surface area contributed by atoms with Crippen LogP contribution in [-0.4, -0.2) is 29.8 Å². The second-order valence-corrected chi connectivity index (χ2v) is 5.33. The molecule has 0 aliphatic carbocycles. The van der Waals surface area contributed by atoms with Gasteiger partial charge >= 0.3 is 0 Å². The van der Waals surface area contributed by atoms with Gasteiger partial charge in [-0.1, -0.05) is 36.5 Å². The summed E-state index contributed by atoms with van der Waals surface area (Å²) >= 11 is 11.9. The lowest BCUT2D eigenvalue weighted by atomic mass is 10.1. The van der Waals surface area contributed by atoms with Gasteiger partial charge in [-0.25, -0.2) is 0 Å². The predicted molar refractivity (Wildman–Crippen MR) is 81.1 cm³/mol. The van der Waals surface area contributed by atoms with Crippen LogP contribution < -0.4 is 5.73 Å². The topological polar surface area (TPSA) is 63.4 Å². The highest BCUT2D eigenvalue weighted by molar-refractivity contribution is 6.36. The Labute approximate surface area is 128 Å². The number of benzene rings is 1. The summed E-state index contributed by atoms with van der Waals surface area (Å²) in [6.45, 7) is 2.90. The van der Waals surface area contributed by atoms with Crippen LogP contribution in [0.25, 0.3) is 0 Å². The first-order valence-corrected chi connectivity index (χ1v) is 7.24. The van der Waals surface area contributed by atoms with Crippen LogP contribution in [0, 0.1) is 0 Å². The monoisotopic (exact) mass is 316 g/mol. The number of halogens is 2. The van der Waals surface area contributed by atoms with Crippen LogP contribution in [0.4, 0.5) is 0 Å². The summed E-state index contributed by atoms with van der Waals surface area (Å²) in [7, 11) is 0. The fraction of sp³-hybridized carbons (Fsp3) is 0.429. The van der Waals surface area contributed by atoms with Crippen molar-refractivity contribution in [2.24, 2.45) is 5.73 Å². The number of primary amides is 1. The Bertz CT molecular complexity index is 492. The van der Waals surface area contributed by atoms with Crippen molar-refractivity contribution in [2.45, 2.75) is 26.2 Å². The molecule has 1 aromatic rings. The maximum atomic E-state index is 12.4. The SMILES string of the molecule is CCCCN(CCC(N)=O)C(=O)c1ccc(Cl)cc1Cl. The largest absolute Gasteiger partial charge is 0.370 e. The number of unbranched alkanes of at least 4 members (excludes halogenated alkanes) is 1. The fourth-order valence-electron chi connectivity index (χ4n) is 1.74. The molecule has 0 aliphatic heterocycles. The molecule has 0 fully saturated rings. The molecule has 0 radical (unpaired) electrons. The molecule has 0 bridgehead atoms. The number of nitrogens with zero attached hydrogens (tertiary/aromatic N) is 1. The Hall–Kier alpha value is -1.26.